The third-order valence-corrected chi connectivity index (χ3v) is 27.2. The maximum Gasteiger partial charge on any atom is 0.249 e. The van der Waals surface area contributed by atoms with Gasteiger partial charge in [-0.2, -0.15) is 15.0 Å². The van der Waals surface area contributed by atoms with Gasteiger partial charge in [0.15, 0.2) is 28.3 Å². The lowest BCUT2D eigenvalue weighted by molar-refractivity contribution is -0.159. The lowest BCUT2D eigenvalue weighted by Crippen LogP contribution is -2.35. The number of thioether (sulfide) groups is 1. The average molecular weight is 2020 g/mol. The monoisotopic (exact) mass is 2020 g/mol. The first-order valence-electron chi connectivity index (χ1n) is 37.1. The van der Waals surface area contributed by atoms with E-state index in [9.17, 15) is 45.7 Å². The van der Waals surface area contributed by atoms with Crippen molar-refractivity contribution < 1.29 is 88.7 Å². The minimum Gasteiger partial charge on any atom is -0.505 e. The highest BCUT2D eigenvalue weighted by atomic mass is 127. The van der Waals surface area contributed by atoms with Crippen molar-refractivity contribution in [2.75, 3.05) is 72.7 Å². The molecule has 0 unspecified atom stereocenters. The smallest absolute Gasteiger partial charge is 0.249 e. The number of nitrogens with zero attached hydrogens (tertiary/aromatic N) is 9. The van der Waals surface area contributed by atoms with Crippen molar-refractivity contribution in [2.24, 2.45) is 23.7 Å². The molecule has 0 bridgehead atoms. The quantitative estimate of drug-likeness (QED) is 0.0141. The Bertz CT molecular complexity index is 4810. The molecule has 0 amide bonds. The number of nitrogens with one attached hydrogen (secondary N) is 4. The number of aliphatic hydroxyl groups is 4. The van der Waals surface area contributed by atoms with Gasteiger partial charge in [0.2, 0.25) is 45.0 Å². The molecule has 4 saturated heterocycles. The van der Waals surface area contributed by atoms with E-state index >= 15 is 0 Å². The first-order valence-corrected chi connectivity index (χ1v) is 50.7. The van der Waals surface area contributed by atoms with E-state index in [1.165, 1.54) is 18.0 Å². The third kappa shape index (κ3) is 23.0. The second-order valence-corrected chi connectivity index (χ2v) is 46.8. The summed E-state index contributed by atoms with van der Waals surface area (Å²) in [5.41, 5.74) is 7.78. The van der Waals surface area contributed by atoms with Crippen LogP contribution in [0.3, 0.4) is 0 Å². The van der Waals surface area contributed by atoms with Gasteiger partial charge in [0.25, 0.3) is 0 Å². The molecular formula is C74H106I3N13O19S4Si. The number of halogens is 3. The number of sulfone groups is 3. The first-order chi connectivity index (χ1) is 52.8. The van der Waals surface area contributed by atoms with E-state index in [1.807, 2.05) is 81.6 Å². The van der Waals surface area contributed by atoms with Gasteiger partial charge in [-0.05, 0) is 195 Å². The lowest BCUT2D eigenvalue weighted by atomic mass is 10.1. The Balaban J connectivity index is 0.000000168. The van der Waals surface area contributed by atoms with Crippen LogP contribution in [-0.4, -0.2) is 251 Å². The summed E-state index contributed by atoms with van der Waals surface area (Å²) in [5.74, 6) is 4.95. The van der Waals surface area contributed by atoms with Crippen LogP contribution in [0.15, 0.2) is 32.9 Å². The third-order valence-electron chi connectivity index (χ3n) is 19.8. The fourth-order valence-electron chi connectivity index (χ4n) is 14.7. The standard InChI is InChI=1S/C20H31N3O5SSi.C17H23N3O5S.C15H22IN3O5S.C15H22IN3O3S.C7H8INO/c1-12-14(8-9-30(5,6)7)18(23-19(21-12)29(4,25)26)22-15-10-13(11-24)16-17(15)28-20(2,3)27-16;1-6-11-9(2)18-16(26(5,22)23)20-15(11)19-12-7-10(8-21)13-14(12)25-17(3,4)24-13;1-7-10(16)13(19-14(17-7)25(4,21)22)18-9-5-8(6-20)11-12(9)24-15(2,3)23-11;1-7-10(16)13(19-14(17-7)23-4)18-9-5-8(6-20)11-12(9)22-15(2,3)21-11;1-2-5-3-6(8)7(10)4-9-5/h13,15-17,24H,10-11H2,1-7H3,(H,21,22,23);1,10,12-14,21H,7-8H2,2-5H3,(H,18,19,20);8-9,11-12,20H,5-6H2,1-4H3,(H,17,18,19);8-9,11-12,20H,5-6H2,1-4H3,(H,17,18,19);3-4,10H,2H2,1H3/t13-,15-,16-,17+;10-,12-,13-,14+;2*8-,9-,11-,12+;/m1111./s1. The number of pyridine rings is 1. The Morgan fingerprint density at radius 3 is 1.12 bits per heavy atom. The summed E-state index contributed by atoms with van der Waals surface area (Å²) in [6.07, 6.45) is 14.1. The molecule has 16 atom stereocenters. The van der Waals surface area contributed by atoms with Gasteiger partial charge < -0.3 is 84.7 Å². The second kappa shape index (κ2) is 37.0. The summed E-state index contributed by atoms with van der Waals surface area (Å²) in [6, 6.07) is 1.38. The number of aliphatic hydroxyl groups excluding tert-OH is 4. The lowest BCUT2D eigenvalue weighted by Gasteiger charge is -2.24. The zero-order chi connectivity index (χ0) is 84.7. The van der Waals surface area contributed by atoms with Crippen molar-refractivity contribution in [3.05, 3.63) is 62.6 Å². The highest BCUT2D eigenvalue weighted by Crippen LogP contribution is 2.47. The molecule has 5 aromatic heterocycles. The molecule has 9 N–H and O–H groups in total. The van der Waals surface area contributed by atoms with Gasteiger partial charge in [-0.3, -0.25) is 4.98 Å². The maximum atomic E-state index is 12.1. The molecule has 8 fully saturated rings. The van der Waals surface area contributed by atoms with Crippen molar-refractivity contribution in [3.63, 3.8) is 0 Å². The van der Waals surface area contributed by atoms with Gasteiger partial charge in [-0.15, -0.1) is 12.0 Å². The summed E-state index contributed by atoms with van der Waals surface area (Å²) in [4.78, 5) is 37.9. The molecule has 4 aliphatic heterocycles. The highest BCUT2D eigenvalue weighted by Gasteiger charge is 2.58. The summed E-state index contributed by atoms with van der Waals surface area (Å²) >= 11 is 7.97. The number of hydrogen-bond donors (Lipinski definition) is 9. The molecule has 5 aromatic rings. The molecule has 0 aromatic carbocycles. The van der Waals surface area contributed by atoms with E-state index in [0.29, 0.717) is 59.1 Å². The van der Waals surface area contributed by atoms with Crippen LogP contribution in [0.2, 0.25) is 19.6 Å². The van der Waals surface area contributed by atoms with Gasteiger partial charge in [0.05, 0.1) is 99.4 Å². The number of aromatic nitrogens is 9. The van der Waals surface area contributed by atoms with Gasteiger partial charge in [0.1, 0.15) is 61.5 Å². The fourth-order valence-corrected chi connectivity index (χ4v) is 18.6. The summed E-state index contributed by atoms with van der Waals surface area (Å²) in [5, 5.41) is 61.2. The molecule has 0 spiro atoms. The number of fused-ring (bicyclic) bond motifs is 4. The Labute approximate surface area is 714 Å². The molecule has 0 radical (unpaired) electrons. The number of aromatic hydroxyl groups is 1. The summed E-state index contributed by atoms with van der Waals surface area (Å²) in [7, 11) is -12.4. The number of anilines is 4. The molecule has 13 rings (SSSR count). The normalized spacial score (nSPS) is 28.4. The van der Waals surface area contributed by atoms with Crippen LogP contribution in [0, 0.1) is 85.9 Å². The number of hydrogen-bond acceptors (Lipinski definition) is 33. The summed E-state index contributed by atoms with van der Waals surface area (Å²) < 4.78 is 122. The van der Waals surface area contributed by atoms with E-state index in [2.05, 4.69) is 171 Å². The van der Waals surface area contributed by atoms with E-state index in [1.54, 1.807) is 20.8 Å². The molecule has 4 saturated carbocycles. The Morgan fingerprint density at radius 1 is 0.500 bits per heavy atom. The topological polar surface area (TPSA) is 442 Å². The number of ether oxygens (including phenoxy) is 8. The molecule has 32 nitrogen and oxygen atoms in total. The predicted octanol–water partition coefficient (Wildman–Crippen LogP) is 7.70. The van der Waals surface area contributed by atoms with Gasteiger partial charge in [0, 0.05) is 74.6 Å². The van der Waals surface area contributed by atoms with E-state index < -0.39 is 60.7 Å². The molecule has 630 valence electrons. The maximum absolute atomic E-state index is 12.1. The largest absolute Gasteiger partial charge is 0.505 e. The fraction of sp³-hybridized carbons (Fsp3) is 0.662. The zero-order valence-electron chi connectivity index (χ0n) is 67.6. The van der Waals surface area contributed by atoms with Crippen LogP contribution in [0.1, 0.15) is 128 Å². The molecule has 9 heterocycles. The van der Waals surface area contributed by atoms with E-state index in [-0.39, 0.29) is 150 Å². The molecule has 40 heteroatoms. The SMILES string of the molecule is C#Cc1c(C)nc(S(C)(=O)=O)nc1N[C@@H]1C[C@H](CO)[C@H]2OC(C)(C)O[C@H]21.CCc1cc(I)c(O)cn1.CSc1nc(C)c(I)c(N[C@@H]2C[C@H](CO)[C@H]3OC(C)(C)O[C@H]32)n1.Cc1nc(S(C)(=O)=O)nc(N[C@@H]2C[C@H](CO)[C@H]3OC(C)(C)O[C@H]32)c1C#C[Si](C)(C)C.Cc1nc(S(C)(=O)=O)nc(N[C@@H]2C[C@H](CO)[C@H]3OC(C)(C)O[C@H]32)c1I. The Hall–Kier alpha value is -4.28. The first kappa shape index (κ1) is 93.6. The minimum absolute atomic E-state index is 0.00721. The minimum atomic E-state index is -3.59. The Kier molecular flexibility index (Phi) is 30.3. The predicted molar refractivity (Wildman–Crippen MR) is 455 cm³/mol. The van der Waals surface area contributed by atoms with Crippen molar-refractivity contribution >= 4 is 140 Å². The molecule has 4 aliphatic carbocycles. The van der Waals surface area contributed by atoms with Crippen LogP contribution < -0.4 is 21.3 Å². The summed E-state index contributed by atoms with van der Waals surface area (Å²) in [6.45, 7) is 30.5. The number of aryl methyl sites for hydroxylation is 5. The van der Waals surface area contributed by atoms with Gasteiger partial charge in [-0.1, -0.05) is 50.2 Å². The van der Waals surface area contributed by atoms with Crippen LogP contribution in [0.5, 0.6) is 5.75 Å². The van der Waals surface area contributed by atoms with Crippen molar-refractivity contribution in [3.8, 4) is 29.6 Å². The van der Waals surface area contributed by atoms with Crippen LogP contribution >= 0.6 is 79.5 Å². The van der Waals surface area contributed by atoms with E-state index in [0.717, 1.165) is 64.7 Å². The number of rotatable bonds is 17. The highest BCUT2D eigenvalue weighted by molar-refractivity contribution is 14.1. The van der Waals surface area contributed by atoms with E-state index in [4.69, 9.17) is 49.4 Å². The average Bonchev–Trinajstić information content (AvgIpc) is 1.62. The van der Waals surface area contributed by atoms with Crippen molar-refractivity contribution in [2.45, 2.75) is 259 Å². The molecule has 114 heavy (non-hydrogen) atoms. The van der Waals surface area contributed by atoms with Crippen LogP contribution in [0.4, 0.5) is 23.3 Å². The van der Waals surface area contributed by atoms with Gasteiger partial charge >= 0.3 is 0 Å². The second-order valence-electron chi connectivity index (χ2n) is 32.3. The number of terminal acetylenes is 1. The molecule has 8 aliphatic rings. The zero-order valence-corrected chi connectivity index (χ0v) is 78.3. The van der Waals surface area contributed by atoms with Gasteiger partial charge in [-0.25, -0.2) is 50.2 Å². The van der Waals surface area contributed by atoms with Crippen LogP contribution in [-0.2, 0) is 73.8 Å². The van der Waals surface area contributed by atoms with Crippen molar-refractivity contribution in [1.82, 2.24) is 44.9 Å². The Morgan fingerprint density at radius 2 is 0.807 bits per heavy atom. The van der Waals surface area contributed by atoms with Crippen molar-refractivity contribution in [1.29, 1.82) is 0 Å². The van der Waals surface area contributed by atoms with Crippen LogP contribution in [0.25, 0.3) is 0 Å². The molecular weight excluding hydrogens is 1910 g/mol.